The van der Waals surface area contributed by atoms with Crippen molar-refractivity contribution in [2.45, 2.75) is 20.3 Å². The lowest BCUT2D eigenvalue weighted by Crippen LogP contribution is -2.50. The maximum absolute atomic E-state index is 12.7. The number of aryl methyl sites for hydroxylation is 2. The highest BCUT2D eigenvalue weighted by atomic mass is 32.2. The number of carbonyl (C=O) groups excluding carboxylic acids is 1. The van der Waals surface area contributed by atoms with Crippen LogP contribution in [0.5, 0.6) is 0 Å². The van der Waals surface area contributed by atoms with E-state index < -0.39 is 10.0 Å². The number of carbonyl (C=O) groups is 1. The van der Waals surface area contributed by atoms with Crippen LogP contribution in [0.1, 0.15) is 15.4 Å². The Morgan fingerprint density at radius 1 is 1.12 bits per heavy atom. The summed E-state index contributed by atoms with van der Waals surface area (Å²) in [6.45, 7) is 5.57. The molecular formula is C18H23N3O3S2. The number of thiazole rings is 1. The summed E-state index contributed by atoms with van der Waals surface area (Å²) in [6.07, 6.45) is 1.51. The molecule has 0 atom stereocenters. The number of sulfonamides is 1. The molecule has 0 aliphatic carbocycles. The molecule has 0 spiro atoms. The Bertz CT molecular complexity index is 896. The van der Waals surface area contributed by atoms with Gasteiger partial charge in [-0.1, -0.05) is 29.8 Å². The molecule has 26 heavy (non-hydrogen) atoms. The third kappa shape index (κ3) is 4.31. The third-order valence-corrected chi connectivity index (χ3v) is 6.78. The number of piperazine rings is 1. The highest BCUT2D eigenvalue weighted by molar-refractivity contribution is 7.88. The van der Waals surface area contributed by atoms with E-state index in [0.717, 1.165) is 21.1 Å². The maximum Gasteiger partial charge on any atom is 0.227 e. The predicted octanol–water partition coefficient (Wildman–Crippen LogP) is 2.07. The van der Waals surface area contributed by atoms with Gasteiger partial charge >= 0.3 is 0 Å². The average molecular weight is 394 g/mol. The van der Waals surface area contributed by atoms with Crippen LogP contribution in [-0.4, -0.2) is 60.9 Å². The standard InChI is InChI=1S/C18H23N3O3S2/c1-13-4-6-15(7-5-13)18-16(25-14(2)19-18)12-17(22)20-8-10-21(11-9-20)26(3,23)24/h4-7H,8-12H2,1-3H3. The third-order valence-electron chi connectivity index (χ3n) is 4.50. The van der Waals surface area contributed by atoms with Gasteiger partial charge in [0.2, 0.25) is 15.9 Å². The van der Waals surface area contributed by atoms with Crippen molar-refractivity contribution in [3.05, 3.63) is 39.7 Å². The molecule has 1 aliphatic heterocycles. The first-order chi connectivity index (χ1) is 12.2. The molecule has 2 heterocycles. The van der Waals surface area contributed by atoms with Gasteiger partial charge in [-0.2, -0.15) is 4.31 Å². The number of hydrogen-bond donors (Lipinski definition) is 0. The minimum absolute atomic E-state index is 0.0233. The van der Waals surface area contributed by atoms with E-state index in [2.05, 4.69) is 4.98 Å². The van der Waals surface area contributed by atoms with E-state index in [1.165, 1.54) is 16.1 Å². The van der Waals surface area contributed by atoms with Crippen molar-refractivity contribution in [3.63, 3.8) is 0 Å². The molecule has 6 nitrogen and oxygen atoms in total. The van der Waals surface area contributed by atoms with Crippen molar-refractivity contribution in [1.29, 1.82) is 0 Å². The highest BCUT2D eigenvalue weighted by Crippen LogP contribution is 2.29. The summed E-state index contributed by atoms with van der Waals surface area (Å²) in [5.41, 5.74) is 3.07. The predicted molar refractivity (Wildman–Crippen MR) is 104 cm³/mol. The Morgan fingerprint density at radius 2 is 1.73 bits per heavy atom. The van der Waals surface area contributed by atoms with E-state index in [1.54, 1.807) is 16.2 Å². The van der Waals surface area contributed by atoms with Gasteiger partial charge in [-0.3, -0.25) is 4.79 Å². The lowest BCUT2D eigenvalue weighted by molar-refractivity contribution is -0.131. The Hall–Kier alpha value is -1.77. The molecule has 140 valence electrons. The lowest BCUT2D eigenvalue weighted by atomic mass is 10.1. The zero-order valence-electron chi connectivity index (χ0n) is 15.2. The number of benzene rings is 1. The fourth-order valence-electron chi connectivity index (χ4n) is 3.04. The first-order valence-electron chi connectivity index (χ1n) is 8.50. The molecule has 8 heteroatoms. The van der Waals surface area contributed by atoms with E-state index in [4.69, 9.17) is 0 Å². The summed E-state index contributed by atoms with van der Waals surface area (Å²) in [6, 6.07) is 8.14. The molecule has 0 bridgehead atoms. The normalized spacial score (nSPS) is 16.0. The van der Waals surface area contributed by atoms with Crippen LogP contribution in [-0.2, 0) is 21.2 Å². The fraction of sp³-hybridized carbons (Fsp3) is 0.444. The van der Waals surface area contributed by atoms with Crippen molar-refractivity contribution in [3.8, 4) is 11.3 Å². The quantitative estimate of drug-likeness (QED) is 0.797. The molecule has 1 aromatic carbocycles. The van der Waals surface area contributed by atoms with E-state index in [1.807, 2.05) is 38.1 Å². The monoisotopic (exact) mass is 393 g/mol. The smallest absolute Gasteiger partial charge is 0.227 e. The fourth-order valence-corrected chi connectivity index (χ4v) is 4.82. The van der Waals surface area contributed by atoms with Crippen molar-refractivity contribution in [2.75, 3.05) is 32.4 Å². The van der Waals surface area contributed by atoms with Gasteiger partial charge in [-0.25, -0.2) is 13.4 Å². The number of hydrogen-bond acceptors (Lipinski definition) is 5. The summed E-state index contributed by atoms with van der Waals surface area (Å²) in [4.78, 5) is 20.0. The molecule has 1 fully saturated rings. The second kappa shape index (κ2) is 7.46. The number of nitrogens with zero attached hydrogens (tertiary/aromatic N) is 3. The summed E-state index contributed by atoms with van der Waals surface area (Å²) >= 11 is 1.55. The Balaban J connectivity index is 1.72. The van der Waals surface area contributed by atoms with Crippen molar-refractivity contribution >= 4 is 27.3 Å². The van der Waals surface area contributed by atoms with Gasteiger partial charge in [-0.05, 0) is 13.8 Å². The Labute approximate surface area is 158 Å². The zero-order valence-corrected chi connectivity index (χ0v) is 16.9. The SMILES string of the molecule is Cc1ccc(-c2nc(C)sc2CC(=O)N2CCN(S(C)(=O)=O)CC2)cc1. The van der Waals surface area contributed by atoms with Crippen LogP contribution in [0.15, 0.2) is 24.3 Å². The minimum Gasteiger partial charge on any atom is -0.340 e. The van der Waals surface area contributed by atoms with Crippen LogP contribution < -0.4 is 0 Å². The molecule has 1 aliphatic rings. The highest BCUT2D eigenvalue weighted by Gasteiger charge is 2.27. The molecule has 0 N–H and O–H groups in total. The van der Waals surface area contributed by atoms with Gasteiger partial charge in [0, 0.05) is 36.6 Å². The topological polar surface area (TPSA) is 70.6 Å². The average Bonchev–Trinajstić information content (AvgIpc) is 2.95. The molecule has 3 rings (SSSR count). The van der Waals surface area contributed by atoms with Gasteiger partial charge in [0.15, 0.2) is 0 Å². The van der Waals surface area contributed by atoms with Crippen LogP contribution in [0.3, 0.4) is 0 Å². The summed E-state index contributed by atoms with van der Waals surface area (Å²) < 4.78 is 24.6. The van der Waals surface area contributed by atoms with Gasteiger partial charge < -0.3 is 4.90 Å². The van der Waals surface area contributed by atoms with Crippen molar-refractivity contribution in [1.82, 2.24) is 14.2 Å². The van der Waals surface area contributed by atoms with Gasteiger partial charge in [-0.15, -0.1) is 11.3 Å². The molecule has 1 amide bonds. The second-order valence-electron chi connectivity index (χ2n) is 6.59. The van der Waals surface area contributed by atoms with Gasteiger partial charge in [0.05, 0.1) is 23.4 Å². The molecule has 1 aromatic heterocycles. The van der Waals surface area contributed by atoms with Crippen LogP contribution >= 0.6 is 11.3 Å². The molecule has 0 saturated carbocycles. The molecule has 0 unspecified atom stereocenters. The van der Waals surface area contributed by atoms with Crippen LogP contribution in [0.2, 0.25) is 0 Å². The number of aromatic nitrogens is 1. The summed E-state index contributed by atoms with van der Waals surface area (Å²) in [5, 5.41) is 0.935. The maximum atomic E-state index is 12.7. The van der Waals surface area contributed by atoms with E-state index in [9.17, 15) is 13.2 Å². The molecule has 2 aromatic rings. The molecular weight excluding hydrogens is 370 g/mol. The van der Waals surface area contributed by atoms with Crippen LogP contribution in [0, 0.1) is 13.8 Å². The lowest BCUT2D eigenvalue weighted by Gasteiger charge is -2.33. The number of amides is 1. The zero-order chi connectivity index (χ0) is 18.9. The van der Waals surface area contributed by atoms with E-state index in [-0.39, 0.29) is 5.91 Å². The Kier molecular flexibility index (Phi) is 5.45. The minimum atomic E-state index is -3.19. The van der Waals surface area contributed by atoms with Gasteiger partial charge in [0.25, 0.3) is 0 Å². The Morgan fingerprint density at radius 3 is 2.31 bits per heavy atom. The molecule has 0 radical (unpaired) electrons. The van der Waals surface area contributed by atoms with E-state index in [0.29, 0.717) is 32.6 Å². The largest absolute Gasteiger partial charge is 0.340 e. The van der Waals surface area contributed by atoms with Crippen LogP contribution in [0.4, 0.5) is 0 Å². The first-order valence-corrected chi connectivity index (χ1v) is 11.2. The van der Waals surface area contributed by atoms with Gasteiger partial charge in [0.1, 0.15) is 0 Å². The molecule has 1 saturated heterocycles. The van der Waals surface area contributed by atoms with E-state index >= 15 is 0 Å². The summed E-state index contributed by atoms with van der Waals surface area (Å²) in [5.74, 6) is 0.0233. The second-order valence-corrected chi connectivity index (χ2v) is 9.86. The summed E-state index contributed by atoms with van der Waals surface area (Å²) in [7, 11) is -3.19. The van der Waals surface area contributed by atoms with Crippen molar-refractivity contribution in [2.24, 2.45) is 0 Å². The number of rotatable bonds is 4. The van der Waals surface area contributed by atoms with Crippen molar-refractivity contribution < 1.29 is 13.2 Å². The first kappa shape index (κ1) is 19.0. The van der Waals surface area contributed by atoms with Crippen LogP contribution in [0.25, 0.3) is 11.3 Å².